The topological polar surface area (TPSA) is 78.9 Å². The molecule has 5 heteroatoms. The van der Waals surface area contributed by atoms with E-state index in [1.165, 1.54) is 11.2 Å². The summed E-state index contributed by atoms with van der Waals surface area (Å²) in [6.45, 7) is 0.365. The van der Waals surface area contributed by atoms with Crippen LogP contribution in [0.25, 0.3) is 0 Å². The van der Waals surface area contributed by atoms with Crippen molar-refractivity contribution in [1.29, 1.82) is 0 Å². The van der Waals surface area contributed by atoms with Gasteiger partial charge in [-0.2, -0.15) is 5.10 Å². The highest BCUT2D eigenvalue weighted by Crippen LogP contribution is 2.02. The van der Waals surface area contributed by atoms with Crippen LogP contribution < -0.4 is 5.84 Å². The number of aliphatic carboxylic acids is 1. The molecule has 5 nitrogen and oxygen atoms in total. The van der Waals surface area contributed by atoms with Crippen LogP contribution in [0, 0.1) is 0 Å². The fraction of sp³-hybridized carbons (Fsp3) is 0.200. The van der Waals surface area contributed by atoms with Crippen LogP contribution in [0.2, 0.25) is 0 Å². The summed E-state index contributed by atoms with van der Waals surface area (Å²) in [6, 6.07) is 9.53. The molecule has 0 saturated carbocycles. The first kappa shape index (κ1) is 11.0. The minimum atomic E-state index is -0.911. The summed E-state index contributed by atoms with van der Waals surface area (Å²) < 4.78 is 0. The largest absolute Gasteiger partial charge is 0.480 e. The second-order valence-electron chi connectivity index (χ2n) is 3.05. The van der Waals surface area contributed by atoms with Crippen LogP contribution in [0.4, 0.5) is 0 Å². The van der Waals surface area contributed by atoms with E-state index in [-0.39, 0.29) is 6.54 Å². The summed E-state index contributed by atoms with van der Waals surface area (Å²) in [4.78, 5) is 12.1. The standard InChI is InChI=1S/C10H13N3O2/c11-12-8-13(7-10(14)15)6-9-4-2-1-3-5-9/h1-5,8H,6-7,11H2,(H,14,15). The summed E-state index contributed by atoms with van der Waals surface area (Å²) in [5, 5.41) is 12.0. The van der Waals surface area contributed by atoms with E-state index in [0.717, 1.165) is 5.56 Å². The maximum absolute atomic E-state index is 10.5. The van der Waals surface area contributed by atoms with E-state index in [2.05, 4.69) is 5.10 Å². The lowest BCUT2D eigenvalue weighted by atomic mass is 10.2. The third-order valence-electron chi connectivity index (χ3n) is 1.80. The van der Waals surface area contributed by atoms with Crippen LogP contribution in [0.3, 0.4) is 0 Å². The minimum absolute atomic E-state index is 0.115. The molecule has 0 spiro atoms. The highest BCUT2D eigenvalue weighted by Gasteiger charge is 2.06. The molecule has 0 saturated heterocycles. The van der Waals surface area contributed by atoms with Gasteiger partial charge in [-0.1, -0.05) is 30.3 Å². The van der Waals surface area contributed by atoms with Crippen molar-refractivity contribution >= 4 is 12.3 Å². The van der Waals surface area contributed by atoms with Gasteiger partial charge in [0.15, 0.2) is 0 Å². The molecule has 0 heterocycles. The van der Waals surface area contributed by atoms with E-state index in [4.69, 9.17) is 10.9 Å². The molecule has 0 amide bonds. The quantitative estimate of drug-likeness (QED) is 0.318. The molecule has 0 aliphatic rings. The van der Waals surface area contributed by atoms with Crippen LogP contribution >= 0.6 is 0 Å². The molecule has 0 aromatic heterocycles. The first-order valence-electron chi connectivity index (χ1n) is 4.45. The van der Waals surface area contributed by atoms with Crippen molar-refractivity contribution in [2.45, 2.75) is 6.54 Å². The Hall–Kier alpha value is -2.04. The summed E-state index contributed by atoms with van der Waals surface area (Å²) >= 11 is 0. The third kappa shape index (κ3) is 4.12. The average Bonchev–Trinajstić information content (AvgIpc) is 2.18. The molecule has 0 aliphatic heterocycles. The van der Waals surface area contributed by atoms with Crippen LogP contribution in [-0.4, -0.2) is 28.9 Å². The zero-order chi connectivity index (χ0) is 11.1. The number of rotatable bonds is 5. The molecule has 15 heavy (non-hydrogen) atoms. The van der Waals surface area contributed by atoms with Gasteiger partial charge in [-0.15, -0.1) is 0 Å². The Morgan fingerprint density at radius 2 is 2.13 bits per heavy atom. The van der Waals surface area contributed by atoms with Crippen LogP contribution in [0.1, 0.15) is 5.56 Å². The first-order valence-corrected chi connectivity index (χ1v) is 4.45. The van der Waals surface area contributed by atoms with E-state index in [1.54, 1.807) is 0 Å². The molecule has 0 aliphatic carbocycles. The lowest BCUT2D eigenvalue weighted by Crippen LogP contribution is -2.28. The van der Waals surface area contributed by atoms with Crippen LogP contribution in [0.5, 0.6) is 0 Å². The maximum Gasteiger partial charge on any atom is 0.323 e. The van der Waals surface area contributed by atoms with Crippen molar-refractivity contribution in [3.05, 3.63) is 35.9 Å². The second-order valence-corrected chi connectivity index (χ2v) is 3.05. The number of carboxylic acid groups (broad SMARTS) is 1. The molecular formula is C10H13N3O2. The Morgan fingerprint density at radius 1 is 1.47 bits per heavy atom. The molecule has 0 radical (unpaired) electrons. The van der Waals surface area contributed by atoms with Gasteiger partial charge in [0.1, 0.15) is 12.9 Å². The molecule has 80 valence electrons. The lowest BCUT2D eigenvalue weighted by molar-refractivity contribution is -0.137. The van der Waals surface area contributed by atoms with E-state index in [0.29, 0.717) is 6.54 Å². The van der Waals surface area contributed by atoms with Crippen molar-refractivity contribution in [2.24, 2.45) is 10.9 Å². The second kappa shape index (κ2) is 5.64. The summed E-state index contributed by atoms with van der Waals surface area (Å²) in [7, 11) is 0. The molecule has 0 bridgehead atoms. The van der Waals surface area contributed by atoms with Gasteiger partial charge in [-0.05, 0) is 5.56 Å². The Kier molecular flexibility index (Phi) is 4.15. The normalized spacial score (nSPS) is 10.4. The van der Waals surface area contributed by atoms with Gasteiger partial charge in [0.05, 0.1) is 0 Å². The van der Waals surface area contributed by atoms with Gasteiger partial charge in [0, 0.05) is 6.54 Å². The Labute approximate surface area is 87.8 Å². The number of hydrogen-bond acceptors (Lipinski definition) is 3. The van der Waals surface area contributed by atoms with Crippen molar-refractivity contribution in [2.75, 3.05) is 6.54 Å². The highest BCUT2D eigenvalue weighted by molar-refractivity contribution is 5.72. The Bertz CT molecular complexity index is 338. The fourth-order valence-electron chi connectivity index (χ4n) is 1.22. The summed E-state index contributed by atoms with van der Waals surface area (Å²) in [5.41, 5.74) is 1.01. The number of benzene rings is 1. The number of nitrogens with zero attached hydrogens (tertiary/aromatic N) is 2. The number of nitrogens with two attached hydrogens (primary N) is 1. The van der Waals surface area contributed by atoms with E-state index in [1.807, 2.05) is 30.3 Å². The predicted molar refractivity (Wildman–Crippen MR) is 57.2 cm³/mol. The van der Waals surface area contributed by atoms with E-state index >= 15 is 0 Å². The predicted octanol–water partition coefficient (Wildman–Crippen LogP) is 0.475. The molecular weight excluding hydrogens is 194 g/mol. The molecule has 0 unspecified atom stereocenters. The minimum Gasteiger partial charge on any atom is -0.480 e. The zero-order valence-electron chi connectivity index (χ0n) is 8.21. The Morgan fingerprint density at radius 3 is 2.67 bits per heavy atom. The highest BCUT2D eigenvalue weighted by atomic mass is 16.4. The summed E-state index contributed by atoms with van der Waals surface area (Å²) in [5.74, 6) is 4.08. The Balaban J connectivity index is 2.62. The third-order valence-corrected chi connectivity index (χ3v) is 1.80. The average molecular weight is 207 g/mol. The molecule has 0 atom stereocenters. The molecule has 1 rings (SSSR count). The van der Waals surface area contributed by atoms with Gasteiger partial charge in [-0.3, -0.25) is 4.79 Å². The van der Waals surface area contributed by atoms with Gasteiger partial charge in [0.2, 0.25) is 0 Å². The van der Waals surface area contributed by atoms with Gasteiger partial charge < -0.3 is 15.8 Å². The van der Waals surface area contributed by atoms with Crippen LogP contribution in [0.15, 0.2) is 35.4 Å². The van der Waals surface area contributed by atoms with Gasteiger partial charge in [-0.25, -0.2) is 0 Å². The zero-order valence-corrected chi connectivity index (χ0v) is 8.21. The van der Waals surface area contributed by atoms with Crippen molar-refractivity contribution < 1.29 is 9.90 Å². The number of carbonyl (C=O) groups is 1. The fourth-order valence-corrected chi connectivity index (χ4v) is 1.22. The molecule has 3 N–H and O–H groups in total. The number of hydrogen-bond donors (Lipinski definition) is 2. The summed E-state index contributed by atoms with van der Waals surface area (Å²) in [6.07, 6.45) is 1.32. The number of carboxylic acids is 1. The SMILES string of the molecule is NN=CN(CC(=O)O)Cc1ccccc1. The van der Waals surface area contributed by atoms with E-state index < -0.39 is 5.97 Å². The lowest BCUT2D eigenvalue weighted by Gasteiger charge is -2.16. The first-order chi connectivity index (χ1) is 7.22. The van der Waals surface area contributed by atoms with Crippen LogP contribution in [-0.2, 0) is 11.3 Å². The number of hydrazone groups is 1. The smallest absolute Gasteiger partial charge is 0.323 e. The van der Waals surface area contributed by atoms with Crippen molar-refractivity contribution in [1.82, 2.24) is 4.90 Å². The molecule has 1 aromatic rings. The van der Waals surface area contributed by atoms with Crippen molar-refractivity contribution in [3.8, 4) is 0 Å². The van der Waals surface area contributed by atoms with Gasteiger partial charge in [0.25, 0.3) is 0 Å². The maximum atomic E-state index is 10.5. The van der Waals surface area contributed by atoms with E-state index in [9.17, 15) is 4.79 Å². The van der Waals surface area contributed by atoms with Gasteiger partial charge >= 0.3 is 5.97 Å². The monoisotopic (exact) mass is 207 g/mol. The van der Waals surface area contributed by atoms with Crippen molar-refractivity contribution in [3.63, 3.8) is 0 Å². The molecule has 0 fully saturated rings. The molecule has 1 aromatic carbocycles.